The quantitative estimate of drug-likeness (QED) is 0.753. The maximum absolute atomic E-state index is 10.0. The first-order valence-electron chi connectivity index (χ1n) is 6.23. The first-order valence-corrected chi connectivity index (χ1v) is 6.23. The maximum atomic E-state index is 10.0. The zero-order valence-electron chi connectivity index (χ0n) is 10.7. The molecule has 1 aliphatic carbocycles. The van der Waals surface area contributed by atoms with Crippen molar-refractivity contribution in [1.29, 1.82) is 0 Å². The van der Waals surface area contributed by atoms with Crippen molar-refractivity contribution in [2.24, 2.45) is 0 Å². The summed E-state index contributed by atoms with van der Waals surface area (Å²) in [4.78, 5) is 0. The number of hydrogen-bond donors (Lipinski definition) is 3. The summed E-state index contributed by atoms with van der Waals surface area (Å²) < 4.78 is 0. The van der Waals surface area contributed by atoms with E-state index in [4.69, 9.17) is 5.11 Å². The van der Waals surface area contributed by atoms with Gasteiger partial charge in [0.05, 0.1) is 6.61 Å². The molecule has 0 radical (unpaired) electrons. The number of phenolic OH excluding ortho intramolecular Hbond substituents is 1. The van der Waals surface area contributed by atoms with Crippen LogP contribution in [0.2, 0.25) is 0 Å². The Morgan fingerprint density at radius 2 is 2.12 bits per heavy atom. The highest BCUT2D eigenvalue weighted by Crippen LogP contribution is 2.45. The lowest BCUT2D eigenvalue weighted by Gasteiger charge is -2.19. The van der Waals surface area contributed by atoms with Crippen molar-refractivity contribution in [3.05, 3.63) is 28.8 Å². The van der Waals surface area contributed by atoms with E-state index in [1.165, 1.54) is 11.1 Å². The van der Waals surface area contributed by atoms with Gasteiger partial charge in [0, 0.05) is 17.6 Å². The molecule has 3 N–H and O–H groups in total. The third kappa shape index (κ3) is 2.17. The molecular weight excluding hydrogens is 214 g/mol. The highest BCUT2D eigenvalue weighted by molar-refractivity contribution is 5.50. The number of phenols is 1. The lowest BCUT2D eigenvalue weighted by atomic mass is 9.97. The Balaban J connectivity index is 2.36. The number of benzene rings is 1. The lowest BCUT2D eigenvalue weighted by molar-refractivity contribution is 0.239. The molecule has 0 bridgehead atoms. The summed E-state index contributed by atoms with van der Waals surface area (Å²) in [6.07, 6.45) is 0.984. The molecule has 0 fully saturated rings. The Morgan fingerprint density at radius 1 is 1.41 bits per heavy atom. The average molecular weight is 235 g/mol. The fourth-order valence-electron chi connectivity index (χ4n) is 2.89. The van der Waals surface area contributed by atoms with Crippen LogP contribution in [0.3, 0.4) is 0 Å². The Labute approximate surface area is 102 Å². The molecule has 0 aliphatic heterocycles. The molecule has 2 rings (SSSR count). The average Bonchev–Trinajstić information content (AvgIpc) is 2.62. The Kier molecular flexibility index (Phi) is 3.40. The number of aryl methyl sites for hydroxylation is 1. The van der Waals surface area contributed by atoms with Crippen molar-refractivity contribution in [3.8, 4) is 5.75 Å². The Bertz CT molecular complexity index is 417. The van der Waals surface area contributed by atoms with Gasteiger partial charge in [0.1, 0.15) is 5.75 Å². The summed E-state index contributed by atoms with van der Waals surface area (Å²) in [6, 6.07) is 3.95. The van der Waals surface area contributed by atoms with Crippen molar-refractivity contribution in [2.75, 3.05) is 6.61 Å². The third-order valence-electron chi connectivity index (χ3n) is 3.67. The van der Waals surface area contributed by atoms with Crippen LogP contribution in [-0.2, 0) is 0 Å². The predicted octanol–water partition coefficient (Wildman–Crippen LogP) is 2.22. The molecule has 17 heavy (non-hydrogen) atoms. The van der Waals surface area contributed by atoms with Gasteiger partial charge in [-0.25, -0.2) is 0 Å². The van der Waals surface area contributed by atoms with Gasteiger partial charge in [-0.2, -0.15) is 0 Å². The highest BCUT2D eigenvalue weighted by Gasteiger charge is 2.32. The number of aliphatic hydroxyl groups is 1. The second-order valence-corrected chi connectivity index (χ2v) is 5.17. The topological polar surface area (TPSA) is 52.5 Å². The number of aliphatic hydroxyl groups excluding tert-OH is 1. The fraction of sp³-hybridized carbons (Fsp3) is 0.571. The maximum Gasteiger partial charge on any atom is 0.120 e. The van der Waals surface area contributed by atoms with E-state index in [1.54, 1.807) is 6.07 Å². The second kappa shape index (κ2) is 4.67. The number of fused-ring (bicyclic) bond motifs is 1. The third-order valence-corrected chi connectivity index (χ3v) is 3.67. The molecule has 0 saturated heterocycles. The summed E-state index contributed by atoms with van der Waals surface area (Å²) in [5.74, 6) is 0.832. The van der Waals surface area contributed by atoms with Crippen LogP contribution < -0.4 is 5.32 Å². The first-order chi connectivity index (χ1) is 8.04. The summed E-state index contributed by atoms with van der Waals surface area (Å²) in [6.45, 7) is 6.35. The lowest BCUT2D eigenvalue weighted by Crippen LogP contribution is -2.32. The van der Waals surface area contributed by atoms with Gasteiger partial charge < -0.3 is 15.5 Å². The molecule has 3 nitrogen and oxygen atoms in total. The van der Waals surface area contributed by atoms with Crippen LogP contribution in [0, 0.1) is 6.92 Å². The molecule has 1 aromatic rings. The zero-order valence-corrected chi connectivity index (χ0v) is 10.7. The summed E-state index contributed by atoms with van der Waals surface area (Å²) >= 11 is 0. The number of aromatic hydroxyl groups is 1. The molecule has 3 unspecified atom stereocenters. The van der Waals surface area contributed by atoms with Crippen molar-refractivity contribution in [1.82, 2.24) is 5.32 Å². The van der Waals surface area contributed by atoms with Crippen LogP contribution in [-0.4, -0.2) is 22.9 Å². The van der Waals surface area contributed by atoms with Crippen LogP contribution in [0.1, 0.15) is 48.9 Å². The summed E-state index contributed by atoms with van der Waals surface area (Å²) in [7, 11) is 0. The normalized spacial score (nSPS) is 24.7. The van der Waals surface area contributed by atoms with Crippen LogP contribution in [0.25, 0.3) is 0 Å². The van der Waals surface area contributed by atoms with Gasteiger partial charge in [-0.3, -0.25) is 0 Å². The number of rotatable bonds is 3. The van der Waals surface area contributed by atoms with Gasteiger partial charge in [-0.1, -0.05) is 13.0 Å². The van der Waals surface area contributed by atoms with Crippen molar-refractivity contribution in [2.45, 2.75) is 45.2 Å². The van der Waals surface area contributed by atoms with E-state index in [-0.39, 0.29) is 18.7 Å². The number of nitrogens with one attached hydrogen (secondary N) is 1. The molecule has 3 atom stereocenters. The minimum atomic E-state index is 0.0538. The SMILES string of the molecule is Cc1ccc(O)c2c1C(C)CC2NC(C)CO. The molecule has 1 aromatic carbocycles. The molecule has 0 saturated carbocycles. The molecule has 0 aromatic heterocycles. The van der Waals surface area contributed by atoms with Gasteiger partial charge in [-0.05, 0) is 43.4 Å². The standard InChI is InChI=1S/C14H21NO2/c1-8-4-5-12(17)14-11(15-10(3)7-16)6-9(2)13(8)14/h4-5,9-11,15-17H,6-7H2,1-3H3. The highest BCUT2D eigenvalue weighted by atomic mass is 16.3. The van der Waals surface area contributed by atoms with E-state index >= 15 is 0 Å². The van der Waals surface area contributed by atoms with E-state index in [2.05, 4.69) is 19.2 Å². The molecule has 94 valence electrons. The van der Waals surface area contributed by atoms with Gasteiger partial charge in [-0.15, -0.1) is 0 Å². The fourth-order valence-corrected chi connectivity index (χ4v) is 2.89. The molecular formula is C14H21NO2. The molecule has 0 heterocycles. The second-order valence-electron chi connectivity index (χ2n) is 5.17. The molecule has 1 aliphatic rings. The van der Waals surface area contributed by atoms with Gasteiger partial charge in [0.2, 0.25) is 0 Å². The molecule has 0 amide bonds. The van der Waals surface area contributed by atoms with Gasteiger partial charge in [0.25, 0.3) is 0 Å². The largest absolute Gasteiger partial charge is 0.508 e. The van der Waals surface area contributed by atoms with Gasteiger partial charge in [0.15, 0.2) is 0 Å². The van der Waals surface area contributed by atoms with Crippen molar-refractivity contribution < 1.29 is 10.2 Å². The van der Waals surface area contributed by atoms with Crippen LogP contribution in [0.5, 0.6) is 5.75 Å². The van der Waals surface area contributed by atoms with Crippen molar-refractivity contribution in [3.63, 3.8) is 0 Å². The Morgan fingerprint density at radius 3 is 2.76 bits per heavy atom. The zero-order chi connectivity index (χ0) is 12.6. The van der Waals surface area contributed by atoms with E-state index in [0.717, 1.165) is 12.0 Å². The van der Waals surface area contributed by atoms with Gasteiger partial charge >= 0.3 is 0 Å². The molecule has 0 spiro atoms. The molecule has 3 heteroatoms. The minimum absolute atomic E-state index is 0.0538. The Hall–Kier alpha value is -1.06. The smallest absolute Gasteiger partial charge is 0.120 e. The van der Waals surface area contributed by atoms with E-state index < -0.39 is 0 Å². The summed E-state index contributed by atoms with van der Waals surface area (Å²) in [5.41, 5.74) is 3.54. The van der Waals surface area contributed by atoms with E-state index in [0.29, 0.717) is 11.7 Å². The van der Waals surface area contributed by atoms with Crippen LogP contribution in [0.4, 0.5) is 0 Å². The monoisotopic (exact) mass is 235 g/mol. The summed E-state index contributed by atoms with van der Waals surface area (Å²) in [5, 5.41) is 22.5. The van der Waals surface area contributed by atoms with E-state index in [9.17, 15) is 5.11 Å². The van der Waals surface area contributed by atoms with Crippen LogP contribution in [0.15, 0.2) is 12.1 Å². The predicted molar refractivity (Wildman–Crippen MR) is 68.3 cm³/mol. The van der Waals surface area contributed by atoms with Crippen LogP contribution >= 0.6 is 0 Å². The van der Waals surface area contributed by atoms with Crippen molar-refractivity contribution >= 4 is 0 Å². The first kappa shape index (κ1) is 12.4. The van der Waals surface area contributed by atoms with E-state index in [1.807, 2.05) is 13.0 Å². The number of hydrogen-bond acceptors (Lipinski definition) is 3. The minimum Gasteiger partial charge on any atom is -0.508 e.